The third-order valence-electron chi connectivity index (χ3n) is 3.55. The predicted molar refractivity (Wildman–Crippen MR) is 102 cm³/mol. The van der Waals surface area contributed by atoms with E-state index in [4.69, 9.17) is 14.7 Å². The van der Waals surface area contributed by atoms with Crippen molar-refractivity contribution >= 4 is 23.6 Å². The molecule has 1 N–H and O–H groups in total. The van der Waals surface area contributed by atoms with Crippen LogP contribution < -0.4 is 10.1 Å². The molecule has 1 atom stereocenters. The zero-order chi connectivity index (χ0) is 19.6. The molecule has 0 heterocycles. The Morgan fingerprint density at radius 1 is 1.15 bits per heavy atom. The van der Waals surface area contributed by atoms with Crippen molar-refractivity contribution in [2.24, 2.45) is 0 Å². The van der Waals surface area contributed by atoms with Gasteiger partial charge >= 0.3 is 5.97 Å². The van der Waals surface area contributed by atoms with Gasteiger partial charge in [-0.25, -0.2) is 4.79 Å². The molecule has 0 spiro atoms. The monoisotopic (exact) mass is 364 g/mol. The fourth-order valence-electron chi connectivity index (χ4n) is 2.15. The summed E-state index contributed by atoms with van der Waals surface area (Å²) in [6, 6.07) is 15.6. The number of ether oxygens (including phenoxy) is 2. The van der Waals surface area contributed by atoms with Crippen molar-refractivity contribution in [1.82, 2.24) is 0 Å². The van der Waals surface area contributed by atoms with Crippen molar-refractivity contribution in [3.63, 3.8) is 0 Å². The molecule has 0 aliphatic carbocycles. The van der Waals surface area contributed by atoms with Crippen LogP contribution in [0, 0.1) is 11.3 Å². The van der Waals surface area contributed by atoms with Gasteiger partial charge in [0.25, 0.3) is 5.91 Å². The van der Waals surface area contributed by atoms with Crippen molar-refractivity contribution in [3.05, 3.63) is 65.7 Å². The summed E-state index contributed by atoms with van der Waals surface area (Å²) in [5.41, 5.74) is 1.82. The first-order chi connectivity index (χ1) is 13.0. The van der Waals surface area contributed by atoms with Gasteiger partial charge in [0, 0.05) is 11.8 Å². The summed E-state index contributed by atoms with van der Waals surface area (Å²) in [4.78, 5) is 24.0. The number of benzene rings is 2. The van der Waals surface area contributed by atoms with E-state index >= 15 is 0 Å². The first kappa shape index (κ1) is 19.7. The number of anilines is 1. The summed E-state index contributed by atoms with van der Waals surface area (Å²) >= 11 is 0. The minimum Gasteiger partial charge on any atom is -0.494 e. The van der Waals surface area contributed by atoms with Gasteiger partial charge in [-0.1, -0.05) is 12.1 Å². The van der Waals surface area contributed by atoms with Gasteiger partial charge in [0.15, 0.2) is 6.10 Å². The van der Waals surface area contributed by atoms with Gasteiger partial charge in [-0.15, -0.1) is 0 Å². The van der Waals surface area contributed by atoms with Crippen molar-refractivity contribution < 1.29 is 19.1 Å². The number of esters is 1. The summed E-state index contributed by atoms with van der Waals surface area (Å²) in [6.07, 6.45) is 1.91. The molecule has 0 saturated heterocycles. The van der Waals surface area contributed by atoms with Crippen LogP contribution in [-0.2, 0) is 14.3 Å². The highest BCUT2D eigenvalue weighted by Crippen LogP contribution is 2.13. The fourth-order valence-corrected chi connectivity index (χ4v) is 2.15. The highest BCUT2D eigenvalue weighted by atomic mass is 16.5. The summed E-state index contributed by atoms with van der Waals surface area (Å²) in [6.45, 7) is 3.98. The van der Waals surface area contributed by atoms with Crippen LogP contribution in [-0.4, -0.2) is 24.6 Å². The van der Waals surface area contributed by atoms with Gasteiger partial charge in [0.05, 0.1) is 18.2 Å². The molecular weight excluding hydrogens is 344 g/mol. The Hall–Kier alpha value is -3.59. The average Bonchev–Trinajstić information content (AvgIpc) is 2.68. The largest absolute Gasteiger partial charge is 0.494 e. The standard InChI is InChI=1S/C21H20N2O4/c1-3-26-19-11-6-16(7-12-19)8-13-20(24)27-15(2)21(25)23-18-9-4-17(14-22)5-10-18/h4-13,15H,3H2,1-2H3,(H,23,25)/b13-8+/t15-/m0/s1. The molecule has 0 saturated carbocycles. The molecule has 2 aromatic carbocycles. The molecule has 27 heavy (non-hydrogen) atoms. The van der Waals surface area contributed by atoms with Crippen molar-refractivity contribution in [3.8, 4) is 11.8 Å². The molecule has 0 aliphatic rings. The van der Waals surface area contributed by atoms with Gasteiger partial charge in [0.2, 0.25) is 0 Å². The third kappa shape index (κ3) is 6.33. The molecular formula is C21H20N2O4. The number of rotatable bonds is 7. The number of nitrogens with zero attached hydrogens (tertiary/aromatic N) is 1. The number of nitrogens with one attached hydrogen (secondary N) is 1. The van der Waals surface area contributed by atoms with E-state index in [0.717, 1.165) is 11.3 Å². The summed E-state index contributed by atoms with van der Waals surface area (Å²) < 4.78 is 10.4. The Morgan fingerprint density at radius 2 is 1.81 bits per heavy atom. The zero-order valence-corrected chi connectivity index (χ0v) is 15.1. The van der Waals surface area contributed by atoms with E-state index in [0.29, 0.717) is 17.9 Å². The predicted octanol–water partition coefficient (Wildman–Crippen LogP) is 3.54. The second kappa shape index (κ2) is 9.78. The highest BCUT2D eigenvalue weighted by Gasteiger charge is 2.16. The summed E-state index contributed by atoms with van der Waals surface area (Å²) in [5.74, 6) is -0.320. The normalized spacial score (nSPS) is 11.4. The molecule has 0 radical (unpaired) electrons. The topological polar surface area (TPSA) is 88.4 Å². The van der Waals surface area contributed by atoms with E-state index in [1.807, 2.05) is 37.3 Å². The molecule has 2 rings (SSSR count). The van der Waals surface area contributed by atoms with Crippen LogP contribution in [0.2, 0.25) is 0 Å². The van der Waals surface area contributed by atoms with E-state index in [1.165, 1.54) is 13.0 Å². The van der Waals surface area contributed by atoms with E-state index in [-0.39, 0.29) is 0 Å². The smallest absolute Gasteiger partial charge is 0.331 e. The SMILES string of the molecule is CCOc1ccc(/C=C/C(=O)O[C@@H](C)C(=O)Nc2ccc(C#N)cc2)cc1. The maximum absolute atomic E-state index is 12.1. The van der Waals surface area contributed by atoms with Crippen LogP contribution >= 0.6 is 0 Å². The second-order valence-electron chi connectivity index (χ2n) is 5.59. The third-order valence-corrected chi connectivity index (χ3v) is 3.55. The number of hydrogen-bond acceptors (Lipinski definition) is 5. The summed E-state index contributed by atoms with van der Waals surface area (Å²) in [7, 11) is 0. The molecule has 6 nitrogen and oxygen atoms in total. The van der Waals surface area contributed by atoms with E-state index in [1.54, 1.807) is 30.3 Å². The molecule has 138 valence electrons. The lowest BCUT2D eigenvalue weighted by Crippen LogP contribution is -2.29. The Labute approximate surface area is 158 Å². The molecule has 0 aromatic heterocycles. The first-order valence-electron chi connectivity index (χ1n) is 8.44. The summed E-state index contributed by atoms with van der Waals surface area (Å²) in [5, 5.41) is 11.4. The minimum absolute atomic E-state index is 0.456. The maximum Gasteiger partial charge on any atom is 0.331 e. The van der Waals surface area contributed by atoms with Gasteiger partial charge < -0.3 is 14.8 Å². The Bertz CT molecular complexity index is 849. The Kier molecular flexibility index (Phi) is 7.15. The van der Waals surface area contributed by atoms with Crippen LogP contribution in [0.3, 0.4) is 0 Å². The lowest BCUT2D eigenvalue weighted by molar-refractivity contribution is -0.148. The fraction of sp³-hybridized carbons (Fsp3) is 0.190. The van der Waals surface area contributed by atoms with Crippen molar-refractivity contribution in [1.29, 1.82) is 5.26 Å². The van der Waals surface area contributed by atoms with Gasteiger partial charge in [-0.05, 0) is 61.9 Å². The van der Waals surface area contributed by atoms with E-state index < -0.39 is 18.0 Å². The number of amides is 1. The Balaban J connectivity index is 1.86. The number of nitriles is 1. The lowest BCUT2D eigenvalue weighted by atomic mass is 10.2. The van der Waals surface area contributed by atoms with Gasteiger partial charge in [-0.3, -0.25) is 4.79 Å². The molecule has 0 unspecified atom stereocenters. The van der Waals surface area contributed by atoms with Crippen LogP contribution in [0.4, 0.5) is 5.69 Å². The minimum atomic E-state index is -0.960. The molecule has 0 bridgehead atoms. The number of carbonyl (C=O) groups excluding carboxylic acids is 2. The van der Waals surface area contributed by atoms with E-state index in [9.17, 15) is 9.59 Å². The quantitative estimate of drug-likeness (QED) is 0.600. The van der Waals surface area contributed by atoms with Gasteiger partial charge in [0.1, 0.15) is 5.75 Å². The van der Waals surface area contributed by atoms with Crippen LogP contribution in [0.5, 0.6) is 5.75 Å². The van der Waals surface area contributed by atoms with Crippen molar-refractivity contribution in [2.75, 3.05) is 11.9 Å². The highest BCUT2D eigenvalue weighted by molar-refractivity contribution is 5.96. The molecule has 0 aliphatic heterocycles. The molecule has 1 amide bonds. The van der Waals surface area contributed by atoms with Crippen LogP contribution in [0.1, 0.15) is 25.0 Å². The first-order valence-corrected chi connectivity index (χ1v) is 8.44. The molecule has 2 aromatic rings. The zero-order valence-electron chi connectivity index (χ0n) is 15.1. The van der Waals surface area contributed by atoms with Crippen LogP contribution in [0.25, 0.3) is 6.08 Å². The Morgan fingerprint density at radius 3 is 2.41 bits per heavy atom. The average molecular weight is 364 g/mol. The number of hydrogen-bond donors (Lipinski definition) is 1. The second-order valence-corrected chi connectivity index (χ2v) is 5.59. The van der Waals surface area contributed by atoms with Crippen molar-refractivity contribution in [2.45, 2.75) is 20.0 Å². The van der Waals surface area contributed by atoms with E-state index in [2.05, 4.69) is 5.32 Å². The maximum atomic E-state index is 12.1. The molecule has 6 heteroatoms. The lowest BCUT2D eigenvalue weighted by Gasteiger charge is -2.12. The molecule has 0 fully saturated rings. The number of carbonyl (C=O) groups is 2. The van der Waals surface area contributed by atoms with Gasteiger partial charge in [-0.2, -0.15) is 5.26 Å². The van der Waals surface area contributed by atoms with Crippen LogP contribution in [0.15, 0.2) is 54.6 Å².